The quantitative estimate of drug-likeness (QED) is 0.625. The number of phenolic OH excluding ortho intramolecular Hbond substituents is 1. The smallest absolute Gasteiger partial charge is 0.310 e. The van der Waals surface area contributed by atoms with Crippen LogP contribution in [0.4, 0.5) is 0 Å². The number of hydrogen-bond acceptors (Lipinski definition) is 5. The van der Waals surface area contributed by atoms with Gasteiger partial charge in [0.25, 0.3) is 0 Å². The molecule has 5 heteroatoms. The molecule has 1 rings (SSSR count). The zero-order chi connectivity index (χ0) is 12.1. The van der Waals surface area contributed by atoms with E-state index in [0.717, 1.165) is 0 Å². The molecule has 16 heavy (non-hydrogen) atoms. The summed E-state index contributed by atoms with van der Waals surface area (Å²) in [5.41, 5.74) is 0. The minimum atomic E-state index is -0.366. The Balaban J connectivity index is 3.06. The van der Waals surface area contributed by atoms with Crippen molar-refractivity contribution in [3.05, 3.63) is 12.1 Å². The highest BCUT2D eigenvalue weighted by Crippen LogP contribution is 2.39. The molecule has 1 aromatic rings. The van der Waals surface area contributed by atoms with E-state index in [1.54, 1.807) is 6.92 Å². The van der Waals surface area contributed by atoms with Gasteiger partial charge in [0, 0.05) is 18.6 Å². The van der Waals surface area contributed by atoms with Gasteiger partial charge in [0.15, 0.2) is 11.5 Å². The topological polar surface area (TPSA) is 65.0 Å². The van der Waals surface area contributed by atoms with Crippen LogP contribution in [0, 0.1) is 0 Å². The normalized spacial score (nSPS) is 9.69. The molecule has 5 nitrogen and oxygen atoms in total. The summed E-state index contributed by atoms with van der Waals surface area (Å²) in [5.74, 6) is 0.172. The fourth-order valence-electron chi connectivity index (χ4n) is 1.13. The summed E-state index contributed by atoms with van der Waals surface area (Å²) in [6, 6.07) is 2.84. The van der Waals surface area contributed by atoms with Crippen molar-refractivity contribution in [2.45, 2.75) is 13.3 Å². The summed E-state index contributed by atoms with van der Waals surface area (Å²) >= 11 is 0. The number of benzene rings is 1. The predicted octanol–water partition coefficient (Wildman–Crippen LogP) is 1.72. The number of ether oxygens (including phenoxy) is 3. The average molecular weight is 226 g/mol. The second kappa shape index (κ2) is 5.25. The molecule has 1 aromatic carbocycles. The molecule has 0 spiro atoms. The van der Waals surface area contributed by atoms with Crippen molar-refractivity contribution in [3.63, 3.8) is 0 Å². The van der Waals surface area contributed by atoms with E-state index >= 15 is 0 Å². The molecule has 0 aromatic heterocycles. The van der Waals surface area contributed by atoms with Crippen LogP contribution in [-0.4, -0.2) is 25.3 Å². The Morgan fingerprint density at radius 2 is 1.75 bits per heavy atom. The molecule has 88 valence electrons. The fraction of sp³-hybridized carbons (Fsp3) is 0.364. The lowest BCUT2D eigenvalue weighted by Gasteiger charge is -2.10. The first-order valence-electron chi connectivity index (χ1n) is 4.78. The van der Waals surface area contributed by atoms with Gasteiger partial charge < -0.3 is 19.3 Å². The van der Waals surface area contributed by atoms with Crippen LogP contribution in [0.2, 0.25) is 0 Å². The zero-order valence-electron chi connectivity index (χ0n) is 9.44. The van der Waals surface area contributed by atoms with Crippen LogP contribution >= 0.6 is 0 Å². The van der Waals surface area contributed by atoms with E-state index in [4.69, 9.17) is 14.2 Å². The lowest BCUT2D eigenvalue weighted by molar-refractivity contribution is -0.134. The third-order valence-corrected chi connectivity index (χ3v) is 1.97. The molecular weight excluding hydrogens is 212 g/mol. The first-order valence-corrected chi connectivity index (χ1v) is 4.78. The number of carbonyl (C=O) groups is 1. The van der Waals surface area contributed by atoms with Crippen molar-refractivity contribution in [1.82, 2.24) is 0 Å². The van der Waals surface area contributed by atoms with Gasteiger partial charge in [0.05, 0.1) is 14.2 Å². The monoisotopic (exact) mass is 226 g/mol. The molecule has 0 saturated heterocycles. The Labute approximate surface area is 93.6 Å². The van der Waals surface area contributed by atoms with Gasteiger partial charge >= 0.3 is 5.97 Å². The van der Waals surface area contributed by atoms with Crippen LogP contribution in [0.25, 0.3) is 0 Å². The third kappa shape index (κ3) is 2.56. The van der Waals surface area contributed by atoms with Crippen molar-refractivity contribution in [2.75, 3.05) is 14.2 Å². The van der Waals surface area contributed by atoms with E-state index in [-0.39, 0.29) is 35.4 Å². The van der Waals surface area contributed by atoms with Crippen LogP contribution in [-0.2, 0) is 4.79 Å². The van der Waals surface area contributed by atoms with Gasteiger partial charge in [-0.15, -0.1) is 0 Å². The van der Waals surface area contributed by atoms with E-state index in [9.17, 15) is 9.90 Å². The standard InChI is InChI=1S/C11H14O5/c1-4-10(12)16-7-5-8(14-2)11(13)9(6-7)15-3/h5-6,13H,4H2,1-3H3. The maximum Gasteiger partial charge on any atom is 0.310 e. The van der Waals surface area contributed by atoms with Gasteiger partial charge in [-0.2, -0.15) is 0 Å². The highest BCUT2D eigenvalue weighted by molar-refractivity contribution is 5.72. The molecule has 0 aliphatic rings. The summed E-state index contributed by atoms with van der Waals surface area (Å²) < 4.78 is 14.8. The van der Waals surface area contributed by atoms with E-state index in [0.29, 0.717) is 0 Å². The number of rotatable bonds is 4. The van der Waals surface area contributed by atoms with Crippen molar-refractivity contribution in [2.24, 2.45) is 0 Å². The highest BCUT2D eigenvalue weighted by Gasteiger charge is 2.13. The first-order chi connectivity index (χ1) is 7.62. The van der Waals surface area contributed by atoms with E-state index in [1.807, 2.05) is 0 Å². The largest absolute Gasteiger partial charge is 0.502 e. The second-order valence-corrected chi connectivity index (χ2v) is 3.00. The molecular formula is C11H14O5. The molecule has 0 radical (unpaired) electrons. The molecule has 0 aliphatic carbocycles. The Morgan fingerprint density at radius 3 is 2.12 bits per heavy atom. The fourth-order valence-corrected chi connectivity index (χ4v) is 1.13. The van der Waals surface area contributed by atoms with E-state index < -0.39 is 0 Å². The number of phenols is 1. The van der Waals surface area contributed by atoms with Gasteiger partial charge in [0.2, 0.25) is 5.75 Å². The van der Waals surface area contributed by atoms with Gasteiger partial charge in [0.1, 0.15) is 5.75 Å². The van der Waals surface area contributed by atoms with Crippen LogP contribution in [0.5, 0.6) is 23.0 Å². The third-order valence-electron chi connectivity index (χ3n) is 1.97. The Hall–Kier alpha value is -1.91. The van der Waals surface area contributed by atoms with Gasteiger partial charge in [-0.25, -0.2) is 0 Å². The maximum atomic E-state index is 11.1. The Morgan fingerprint density at radius 1 is 1.25 bits per heavy atom. The predicted molar refractivity (Wildman–Crippen MR) is 57.1 cm³/mol. The minimum Gasteiger partial charge on any atom is -0.502 e. The molecule has 0 bridgehead atoms. The maximum absolute atomic E-state index is 11.1. The zero-order valence-corrected chi connectivity index (χ0v) is 9.44. The summed E-state index contributed by atoms with van der Waals surface area (Å²) in [6.07, 6.45) is 0.269. The van der Waals surface area contributed by atoms with Gasteiger partial charge in [-0.1, -0.05) is 6.92 Å². The van der Waals surface area contributed by atoms with Crippen LogP contribution in [0.1, 0.15) is 13.3 Å². The Bertz CT molecular complexity index is 361. The van der Waals surface area contributed by atoms with Crippen molar-refractivity contribution in [1.29, 1.82) is 0 Å². The van der Waals surface area contributed by atoms with Crippen LogP contribution in [0.3, 0.4) is 0 Å². The van der Waals surface area contributed by atoms with Crippen molar-refractivity contribution < 1.29 is 24.1 Å². The lowest BCUT2D eigenvalue weighted by Crippen LogP contribution is -2.05. The number of carbonyl (C=O) groups excluding carboxylic acids is 1. The number of esters is 1. The summed E-state index contributed by atoms with van der Waals surface area (Å²) in [5, 5.41) is 9.61. The molecule has 0 saturated carbocycles. The average Bonchev–Trinajstić information content (AvgIpc) is 2.30. The van der Waals surface area contributed by atoms with Gasteiger partial charge in [-0.3, -0.25) is 4.79 Å². The van der Waals surface area contributed by atoms with E-state index in [2.05, 4.69) is 0 Å². The number of methoxy groups -OCH3 is 2. The lowest BCUT2D eigenvalue weighted by atomic mass is 10.2. The Kier molecular flexibility index (Phi) is 3.99. The van der Waals surface area contributed by atoms with Gasteiger partial charge in [-0.05, 0) is 0 Å². The molecule has 0 aliphatic heterocycles. The molecule has 1 N–H and O–H groups in total. The molecule has 0 heterocycles. The molecule has 0 atom stereocenters. The molecule has 0 fully saturated rings. The number of aromatic hydroxyl groups is 1. The summed E-state index contributed by atoms with van der Waals surface area (Å²) in [6.45, 7) is 1.69. The second-order valence-electron chi connectivity index (χ2n) is 3.00. The molecule has 0 unspecified atom stereocenters. The number of hydrogen-bond donors (Lipinski definition) is 1. The van der Waals surface area contributed by atoms with E-state index in [1.165, 1.54) is 26.4 Å². The molecule has 0 amide bonds. The minimum absolute atomic E-state index is 0.124. The van der Waals surface area contributed by atoms with Crippen LogP contribution < -0.4 is 14.2 Å². The van der Waals surface area contributed by atoms with Crippen molar-refractivity contribution >= 4 is 5.97 Å². The van der Waals surface area contributed by atoms with Crippen LogP contribution in [0.15, 0.2) is 12.1 Å². The van der Waals surface area contributed by atoms with Crippen molar-refractivity contribution in [3.8, 4) is 23.0 Å². The first kappa shape index (κ1) is 12.2. The summed E-state index contributed by atoms with van der Waals surface area (Å²) in [4.78, 5) is 11.1. The summed E-state index contributed by atoms with van der Waals surface area (Å²) in [7, 11) is 2.81. The SMILES string of the molecule is CCC(=O)Oc1cc(OC)c(O)c(OC)c1. The highest BCUT2D eigenvalue weighted by atomic mass is 16.5.